The van der Waals surface area contributed by atoms with Crippen molar-refractivity contribution in [2.45, 2.75) is 38.6 Å². The van der Waals surface area contributed by atoms with Gasteiger partial charge in [-0.1, -0.05) is 18.2 Å². The Kier molecular flexibility index (Phi) is 5.80. The van der Waals surface area contributed by atoms with Gasteiger partial charge in [0.1, 0.15) is 5.82 Å². The second-order valence-electron chi connectivity index (χ2n) is 5.55. The number of nitrogens with one attached hydrogen (secondary N) is 1. The van der Waals surface area contributed by atoms with E-state index in [1.165, 1.54) is 45.0 Å². The maximum absolute atomic E-state index is 13.5. The highest BCUT2D eigenvalue weighted by atomic mass is 19.1. The van der Waals surface area contributed by atoms with Crippen LogP contribution < -0.4 is 5.32 Å². The molecule has 1 heterocycles. The molecule has 1 unspecified atom stereocenters. The van der Waals surface area contributed by atoms with Crippen LogP contribution >= 0.6 is 0 Å². The summed E-state index contributed by atoms with van der Waals surface area (Å²) in [5.41, 5.74) is 0.807. The monoisotopic (exact) mass is 264 g/mol. The number of benzene rings is 1. The van der Waals surface area contributed by atoms with Crippen molar-refractivity contribution in [3.8, 4) is 0 Å². The predicted octanol–water partition coefficient (Wildman–Crippen LogP) is 2.83. The van der Waals surface area contributed by atoms with Crippen LogP contribution in [0.25, 0.3) is 0 Å². The van der Waals surface area contributed by atoms with Crippen LogP contribution in [0.1, 0.15) is 31.7 Å². The maximum atomic E-state index is 13.5. The summed E-state index contributed by atoms with van der Waals surface area (Å²) in [6, 6.07) is 7.38. The third-order valence-electron chi connectivity index (χ3n) is 3.83. The molecular weight excluding hydrogens is 239 g/mol. The largest absolute Gasteiger partial charge is 0.314 e. The van der Waals surface area contributed by atoms with Gasteiger partial charge in [0.2, 0.25) is 0 Å². The average molecular weight is 264 g/mol. The Labute approximate surface area is 116 Å². The molecule has 0 bridgehead atoms. The first-order chi connectivity index (χ1) is 9.25. The van der Waals surface area contributed by atoms with E-state index in [2.05, 4.69) is 17.1 Å². The van der Waals surface area contributed by atoms with Crippen molar-refractivity contribution in [2.24, 2.45) is 0 Å². The lowest BCUT2D eigenvalue weighted by molar-refractivity contribution is 0.328. The zero-order valence-corrected chi connectivity index (χ0v) is 11.9. The van der Waals surface area contributed by atoms with Crippen molar-refractivity contribution in [1.29, 1.82) is 0 Å². The van der Waals surface area contributed by atoms with Gasteiger partial charge in [0.05, 0.1) is 0 Å². The van der Waals surface area contributed by atoms with Gasteiger partial charge in [0, 0.05) is 6.04 Å². The number of hydrogen-bond acceptors (Lipinski definition) is 2. The highest BCUT2D eigenvalue weighted by Gasteiger charge is 2.11. The van der Waals surface area contributed by atoms with Gasteiger partial charge in [0.15, 0.2) is 0 Å². The molecule has 0 saturated carbocycles. The van der Waals surface area contributed by atoms with Crippen molar-refractivity contribution in [2.75, 3.05) is 26.2 Å². The van der Waals surface area contributed by atoms with Crippen LogP contribution in [-0.2, 0) is 6.42 Å². The third kappa shape index (κ3) is 4.92. The van der Waals surface area contributed by atoms with Gasteiger partial charge in [-0.2, -0.15) is 0 Å². The van der Waals surface area contributed by atoms with E-state index < -0.39 is 0 Å². The summed E-state index contributed by atoms with van der Waals surface area (Å²) in [6.45, 7) is 6.88. The number of halogens is 1. The van der Waals surface area contributed by atoms with Crippen molar-refractivity contribution in [1.82, 2.24) is 10.2 Å². The van der Waals surface area contributed by atoms with Crippen LogP contribution in [0.15, 0.2) is 24.3 Å². The summed E-state index contributed by atoms with van der Waals surface area (Å²) < 4.78 is 13.5. The van der Waals surface area contributed by atoms with Crippen LogP contribution in [-0.4, -0.2) is 37.1 Å². The Morgan fingerprint density at radius 1 is 1.26 bits per heavy atom. The number of likely N-dealkylation sites (tertiary alicyclic amines) is 1. The van der Waals surface area contributed by atoms with E-state index in [1.54, 1.807) is 6.07 Å². The van der Waals surface area contributed by atoms with Crippen LogP contribution in [0.2, 0.25) is 0 Å². The highest BCUT2D eigenvalue weighted by Crippen LogP contribution is 2.09. The smallest absolute Gasteiger partial charge is 0.126 e. The van der Waals surface area contributed by atoms with E-state index in [0.717, 1.165) is 18.5 Å². The van der Waals surface area contributed by atoms with Gasteiger partial charge in [-0.05, 0) is 70.4 Å². The van der Waals surface area contributed by atoms with Crippen molar-refractivity contribution in [3.63, 3.8) is 0 Å². The fourth-order valence-corrected chi connectivity index (χ4v) is 2.72. The molecule has 2 nitrogen and oxygen atoms in total. The third-order valence-corrected chi connectivity index (χ3v) is 3.83. The van der Waals surface area contributed by atoms with E-state index >= 15 is 0 Å². The standard InChI is InChI=1S/C16H25FN2/c1-14(13-15-7-2-3-8-16(15)17)18-9-6-12-19-10-4-5-11-19/h2-3,7-8,14,18H,4-6,9-13H2,1H3. The molecule has 2 rings (SSSR count). The molecular formula is C16H25FN2. The average Bonchev–Trinajstić information content (AvgIpc) is 2.91. The van der Waals surface area contributed by atoms with E-state index in [0.29, 0.717) is 6.04 Å². The lowest BCUT2D eigenvalue weighted by Gasteiger charge is -2.17. The minimum absolute atomic E-state index is 0.0896. The molecule has 1 fully saturated rings. The molecule has 106 valence electrons. The minimum atomic E-state index is -0.0896. The number of rotatable bonds is 7. The fourth-order valence-electron chi connectivity index (χ4n) is 2.72. The lowest BCUT2D eigenvalue weighted by atomic mass is 10.1. The Morgan fingerprint density at radius 2 is 2.00 bits per heavy atom. The lowest BCUT2D eigenvalue weighted by Crippen LogP contribution is -2.31. The topological polar surface area (TPSA) is 15.3 Å². The maximum Gasteiger partial charge on any atom is 0.126 e. The summed E-state index contributed by atoms with van der Waals surface area (Å²) in [4.78, 5) is 2.53. The van der Waals surface area contributed by atoms with Crippen LogP contribution in [0.4, 0.5) is 4.39 Å². The zero-order chi connectivity index (χ0) is 13.5. The quantitative estimate of drug-likeness (QED) is 0.762. The molecule has 0 aliphatic carbocycles. The van der Waals surface area contributed by atoms with Crippen LogP contribution in [0.3, 0.4) is 0 Å². The Balaban J connectivity index is 1.61. The first-order valence-corrected chi connectivity index (χ1v) is 7.45. The predicted molar refractivity (Wildman–Crippen MR) is 77.9 cm³/mol. The molecule has 0 aromatic heterocycles. The molecule has 3 heteroatoms. The van der Waals surface area contributed by atoms with Crippen LogP contribution in [0, 0.1) is 5.82 Å². The first kappa shape index (κ1) is 14.5. The Hall–Kier alpha value is -0.930. The SMILES string of the molecule is CC(Cc1ccccc1F)NCCCN1CCCC1. The second-order valence-corrected chi connectivity index (χ2v) is 5.55. The van der Waals surface area contributed by atoms with Gasteiger partial charge < -0.3 is 10.2 Å². The van der Waals surface area contributed by atoms with E-state index in [9.17, 15) is 4.39 Å². The molecule has 19 heavy (non-hydrogen) atoms. The molecule has 1 N–H and O–H groups in total. The molecule has 1 aromatic rings. The van der Waals surface area contributed by atoms with E-state index in [4.69, 9.17) is 0 Å². The van der Waals surface area contributed by atoms with Crippen molar-refractivity contribution >= 4 is 0 Å². The molecule has 0 radical (unpaired) electrons. The molecule has 1 atom stereocenters. The van der Waals surface area contributed by atoms with E-state index in [-0.39, 0.29) is 5.82 Å². The van der Waals surface area contributed by atoms with Gasteiger partial charge in [0.25, 0.3) is 0 Å². The summed E-state index contributed by atoms with van der Waals surface area (Å²) >= 11 is 0. The van der Waals surface area contributed by atoms with Gasteiger partial charge in [-0.25, -0.2) is 4.39 Å². The minimum Gasteiger partial charge on any atom is -0.314 e. The summed E-state index contributed by atoms with van der Waals surface area (Å²) in [5.74, 6) is -0.0896. The van der Waals surface area contributed by atoms with Crippen molar-refractivity contribution in [3.05, 3.63) is 35.6 Å². The summed E-state index contributed by atoms with van der Waals surface area (Å²) in [7, 11) is 0. The summed E-state index contributed by atoms with van der Waals surface area (Å²) in [5, 5.41) is 3.49. The zero-order valence-electron chi connectivity index (χ0n) is 11.9. The first-order valence-electron chi connectivity index (χ1n) is 7.45. The molecule has 0 amide bonds. The molecule has 0 spiro atoms. The molecule has 1 aromatic carbocycles. The molecule has 1 aliphatic rings. The second kappa shape index (κ2) is 7.61. The molecule has 1 aliphatic heterocycles. The normalized spacial score (nSPS) is 17.8. The van der Waals surface area contributed by atoms with E-state index in [1.807, 2.05) is 12.1 Å². The molecule has 1 saturated heterocycles. The summed E-state index contributed by atoms with van der Waals surface area (Å²) in [6.07, 6.45) is 4.66. The number of nitrogens with zero attached hydrogens (tertiary/aromatic N) is 1. The van der Waals surface area contributed by atoms with Gasteiger partial charge in [-0.3, -0.25) is 0 Å². The Morgan fingerprint density at radius 3 is 2.74 bits per heavy atom. The number of hydrogen-bond donors (Lipinski definition) is 1. The highest BCUT2D eigenvalue weighted by molar-refractivity contribution is 5.18. The van der Waals surface area contributed by atoms with Gasteiger partial charge in [-0.15, -0.1) is 0 Å². The Bertz CT molecular complexity index is 375. The van der Waals surface area contributed by atoms with Crippen LogP contribution in [0.5, 0.6) is 0 Å². The van der Waals surface area contributed by atoms with Gasteiger partial charge >= 0.3 is 0 Å². The fraction of sp³-hybridized carbons (Fsp3) is 0.625. The van der Waals surface area contributed by atoms with Crippen molar-refractivity contribution < 1.29 is 4.39 Å².